The zero-order valence-corrected chi connectivity index (χ0v) is 14.0. The predicted octanol–water partition coefficient (Wildman–Crippen LogP) is 1.76. The minimum absolute atomic E-state index is 0.185. The van der Waals surface area contributed by atoms with Gasteiger partial charge in [0.15, 0.2) is 0 Å². The van der Waals surface area contributed by atoms with Crippen LogP contribution in [0.3, 0.4) is 0 Å². The summed E-state index contributed by atoms with van der Waals surface area (Å²) in [5.41, 5.74) is 0. The molecule has 1 saturated heterocycles. The van der Waals surface area contributed by atoms with Crippen molar-refractivity contribution in [1.29, 1.82) is 0 Å². The van der Waals surface area contributed by atoms with E-state index in [0.717, 1.165) is 4.88 Å². The Morgan fingerprint density at radius 1 is 1.41 bits per heavy atom. The highest BCUT2D eigenvalue weighted by atomic mass is 32.2. The van der Waals surface area contributed by atoms with Gasteiger partial charge in [-0.15, -0.1) is 21.5 Å². The lowest BCUT2D eigenvalue weighted by atomic mass is 10.3. The third-order valence-corrected chi connectivity index (χ3v) is 6.73. The van der Waals surface area contributed by atoms with Crippen LogP contribution in [0.4, 0.5) is 0 Å². The minimum Gasteiger partial charge on any atom is -0.422 e. The van der Waals surface area contributed by atoms with Crippen molar-refractivity contribution in [1.82, 2.24) is 14.5 Å². The predicted molar refractivity (Wildman–Crippen MR) is 80.2 cm³/mol. The summed E-state index contributed by atoms with van der Waals surface area (Å²) in [5.74, 6) is 0.853. The molecular formula is C13H17N3O4S2. The fourth-order valence-corrected chi connectivity index (χ4v) is 5.07. The highest BCUT2D eigenvalue weighted by molar-refractivity contribution is 7.91. The van der Waals surface area contributed by atoms with Crippen LogP contribution in [0.5, 0.6) is 0 Å². The number of aryl methyl sites for hydroxylation is 2. The lowest BCUT2D eigenvalue weighted by molar-refractivity contribution is -0.0177. The lowest BCUT2D eigenvalue weighted by Crippen LogP contribution is -2.42. The van der Waals surface area contributed by atoms with Gasteiger partial charge >= 0.3 is 0 Å². The second-order valence-corrected chi connectivity index (χ2v) is 8.43. The van der Waals surface area contributed by atoms with Crippen LogP contribution in [0.25, 0.3) is 0 Å². The van der Waals surface area contributed by atoms with Crippen LogP contribution in [0.1, 0.15) is 29.7 Å². The molecule has 0 bridgehead atoms. The average molecular weight is 343 g/mol. The monoisotopic (exact) mass is 343 g/mol. The van der Waals surface area contributed by atoms with Gasteiger partial charge in [0.2, 0.25) is 11.8 Å². The number of ether oxygens (including phenoxy) is 1. The molecule has 0 unspecified atom stereocenters. The van der Waals surface area contributed by atoms with Crippen molar-refractivity contribution >= 4 is 21.4 Å². The molecule has 1 aliphatic rings. The van der Waals surface area contributed by atoms with Gasteiger partial charge in [-0.25, -0.2) is 8.42 Å². The fraction of sp³-hybridized carbons (Fsp3) is 0.538. The largest absolute Gasteiger partial charge is 0.422 e. The molecule has 0 spiro atoms. The lowest BCUT2D eigenvalue weighted by Gasteiger charge is -2.29. The van der Waals surface area contributed by atoms with Gasteiger partial charge in [0.25, 0.3) is 10.0 Å². The van der Waals surface area contributed by atoms with Gasteiger partial charge in [0.1, 0.15) is 10.3 Å². The Morgan fingerprint density at radius 2 is 2.23 bits per heavy atom. The second-order valence-electron chi connectivity index (χ2n) is 4.98. The molecule has 0 N–H and O–H groups in total. The first-order chi connectivity index (χ1) is 10.5. The molecule has 1 aliphatic heterocycles. The van der Waals surface area contributed by atoms with E-state index in [2.05, 4.69) is 10.2 Å². The van der Waals surface area contributed by atoms with Crippen LogP contribution in [0.15, 0.2) is 20.8 Å². The van der Waals surface area contributed by atoms with Gasteiger partial charge in [-0.2, -0.15) is 4.31 Å². The molecule has 1 atom stereocenters. The zero-order chi connectivity index (χ0) is 15.7. The smallest absolute Gasteiger partial charge is 0.252 e. The van der Waals surface area contributed by atoms with Gasteiger partial charge in [-0.1, -0.05) is 6.92 Å². The van der Waals surface area contributed by atoms with Gasteiger partial charge in [-0.05, 0) is 19.1 Å². The summed E-state index contributed by atoms with van der Waals surface area (Å²) in [6, 6.07) is 3.45. The van der Waals surface area contributed by atoms with Crippen molar-refractivity contribution in [2.75, 3.05) is 19.7 Å². The number of nitrogens with zero attached hydrogens (tertiary/aromatic N) is 3. The second kappa shape index (κ2) is 6.07. The zero-order valence-electron chi connectivity index (χ0n) is 12.4. The Labute approximate surface area is 133 Å². The normalized spacial score (nSPS) is 20.4. The molecule has 2 aromatic heterocycles. The molecule has 0 amide bonds. The van der Waals surface area contributed by atoms with E-state index in [-0.39, 0.29) is 6.54 Å². The summed E-state index contributed by atoms with van der Waals surface area (Å²) in [6.07, 6.45) is 0.119. The first-order valence-corrected chi connectivity index (χ1v) is 9.27. The Morgan fingerprint density at radius 3 is 2.86 bits per heavy atom. The molecule has 0 aliphatic carbocycles. The van der Waals surface area contributed by atoms with Gasteiger partial charge in [-0.3, -0.25) is 0 Å². The SMILES string of the molecule is CCc1nnc([C@H]2CN(S(=O)(=O)c3ccc(C)s3)CCO2)o1. The molecule has 120 valence electrons. The topological polar surface area (TPSA) is 85.5 Å². The fourth-order valence-electron chi connectivity index (χ4n) is 2.21. The van der Waals surface area contributed by atoms with Crippen molar-refractivity contribution in [3.8, 4) is 0 Å². The number of rotatable bonds is 4. The summed E-state index contributed by atoms with van der Waals surface area (Å²) in [4.78, 5) is 0.966. The summed E-state index contributed by atoms with van der Waals surface area (Å²) >= 11 is 1.27. The third kappa shape index (κ3) is 2.94. The van der Waals surface area contributed by atoms with E-state index in [1.807, 2.05) is 13.8 Å². The third-order valence-electron chi connectivity index (χ3n) is 3.40. The standard InChI is InChI=1S/C13H17N3O4S2/c1-3-11-14-15-13(20-11)10-8-16(6-7-19-10)22(17,18)12-5-4-9(2)21-12/h4-5,10H,3,6-8H2,1-2H3/t10-/m1/s1. The summed E-state index contributed by atoms with van der Waals surface area (Å²) in [7, 11) is -3.50. The molecule has 2 aromatic rings. The molecule has 22 heavy (non-hydrogen) atoms. The number of hydrogen-bond donors (Lipinski definition) is 0. The minimum atomic E-state index is -3.50. The van der Waals surface area contributed by atoms with E-state index < -0.39 is 16.1 Å². The number of aromatic nitrogens is 2. The van der Waals surface area contributed by atoms with Crippen molar-refractivity contribution < 1.29 is 17.6 Å². The maximum Gasteiger partial charge on any atom is 0.252 e. The van der Waals surface area contributed by atoms with Gasteiger partial charge in [0, 0.05) is 24.4 Å². The Bertz CT molecular complexity index is 753. The van der Waals surface area contributed by atoms with Crippen LogP contribution in [-0.2, 0) is 21.2 Å². The van der Waals surface area contributed by atoms with E-state index in [1.165, 1.54) is 15.6 Å². The molecule has 3 rings (SSSR count). The Kier molecular flexibility index (Phi) is 4.31. The first-order valence-electron chi connectivity index (χ1n) is 7.01. The molecule has 0 aromatic carbocycles. The summed E-state index contributed by atoms with van der Waals surface area (Å²) in [6.45, 7) is 4.61. The average Bonchev–Trinajstić information content (AvgIpc) is 3.16. The quantitative estimate of drug-likeness (QED) is 0.841. The van der Waals surface area contributed by atoms with Gasteiger partial charge < -0.3 is 9.15 Å². The van der Waals surface area contributed by atoms with E-state index in [0.29, 0.717) is 35.6 Å². The van der Waals surface area contributed by atoms with Crippen LogP contribution in [0, 0.1) is 6.92 Å². The molecule has 9 heteroatoms. The van der Waals surface area contributed by atoms with Crippen LogP contribution < -0.4 is 0 Å². The van der Waals surface area contributed by atoms with E-state index in [1.54, 1.807) is 12.1 Å². The first kappa shape index (κ1) is 15.6. The number of morpholine rings is 1. The highest BCUT2D eigenvalue weighted by Crippen LogP contribution is 2.29. The van der Waals surface area contributed by atoms with Crippen LogP contribution in [0.2, 0.25) is 0 Å². The Hall–Kier alpha value is -1.29. The molecular weight excluding hydrogens is 326 g/mol. The summed E-state index contributed by atoms with van der Waals surface area (Å²) in [5, 5.41) is 7.84. The van der Waals surface area contributed by atoms with Crippen molar-refractivity contribution in [2.45, 2.75) is 30.6 Å². The number of thiophene rings is 1. The Balaban J connectivity index is 1.80. The van der Waals surface area contributed by atoms with Crippen LogP contribution >= 0.6 is 11.3 Å². The van der Waals surface area contributed by atoms with Crippen molar-refractivity contribution in [2.24, 2.45) is 0 Å². The van der Waals surface area contributed by atoms with Crippen LogP contribution in [-0.4, -0.2) is 42.6 Å². The maximum atomic E-state index is 12.7. The molecule has 7 nitrogen and oxygen atoms in total. The van der Waals surface area contributed by atoms with E-state index >= 15 is 0 Å². The molecule has 0 radical (unpaired) electrons. The van der Waals surface area contributed by atoms with Crippen molar-refractivity contribution in [3.63, 3.8) is 0 Å². The number of hydrogen-bond acceptors (Lipinski definition) is 7. The van der Waals surface area contributed by atoms with E-state index in [4.69, 9.17) is 9.15 Å². The molecule has 0 saturated carbocycles. The van der Waals surface area contributed by atoms with Gasteiger partial charge in [0.05, 0.1) is 6.61 Å². The molecule has 3 heterocycles. The van der Waals surface area contributed by atoms with Crippen molar-refractivity contribution in [3.05, 3.63) is 28.8 Å². The summed E-state index contributed by atoms with van der Waals surface area (Å²) < 4.78 is 38.1. The maximum absolute atomic E-state index is 12.7. The van der Waals surface area contributed by atoms with E-state index in [9.17, 15) is 8.42 Å². The molecule has 1 fully saturated rings. The highest BCUT2D eigenvalue weighted by Gasteiger charge is 2.34. The number of sulfonamides is 1.